The van der Waals surface area contributed by atoms with Crippen molar-refractivity contribution in [1.29, 1.82) is 0 Å². The molecule has 0 saturated carbocycles. The summed E-state index contributed by atoms with van der Waals surface area (Å²) in [4.78, 5) is 13.2. The van der Waals surface area contributed by atoms with E-state index in [-0.39, 0.29) is 4.90 Å². The smallest absolute Gasteiger partial charge is 0.278 e. The SMILES string of the molecule is Cc1ccc(C)c(OCC(=O)N(c2cc(C)ccc2C)S(=O)(=O)c2ccc(Cl)cc2)c1. The molecule has 0 spiro atoms. The molecule has 0 heterocycles. The van der Waals surface area contributed by atoms with Crippen LogP contribution >= 0.6 is 11.6 Å². The molecule has 0 aliphatic rings. The average Bonchev–Trinajstić information content (AvgIpc) is 2.71. The topological polar surface area (TPSA) is 63.7 Å². The highest BCUT2D eigenvalue weighted by Gasteiger charge is 2.32. The van der Waals surface area contributed by atoms with E-state index in [0.717, 1.165) is 21.0 Å². The van der Waals surface area contributed by atoms with Gasteiger partial charge in [0, 0.05) is 5.02 Å². The molecular formula is C24H24ClNO4S. The zero-order valence-electron chi connectivity index (χ0n) is 17.8. The van der Waals surface area contributed by atoms with Crippen LogP contribution in [-0.2, 0) is 14.8 Å². The molecule has 7 heteroatoms. The van der Waals surface area contributed by atoms with Crippen LogP contribution in [0.3, 0.4) is 0 Å². The lowest BCUT2D eigenvalue weighted by atomic mass is 10.1. The van der Waals surface area contributed by atoms with Crippen LogP contribution in [0.4, 0.5) is 5.69 Å². The fraction of sp³-hybridized carbons (Fsp3) is 0.208. The molecular weight excluding hydrogens is 434 g/mol. The molecule has 31 heavy (non-hydrogen) atoms. The van der Waals surface area contributed by atoms with Crippen molar-refractivity contribution in [3.63, 3.8) is 0 Å². The maximum Gasteiger partial charge on any atom is 0.278 e. The molecule has 0 saturated heterocycles. The number of rotatable bonds is 6. The standard InChI is InChI=1S/C24H24ClNO4S/c1-16-5-7-18(3)22(13-16)26(31(28,29)21-11-9-20(25)10-12-21)24(27)15-30-23-14-17(2)6-8-19(23)4/h5-14H,15H2,1-4H3. The van der Waals surface area contributed by atoms with Gasteiger partial charge in [0.2, 0.25) is 0 Å². The number of sulfonamides is 1. The van der Waals surface area contributed by atoms with Gasteiger partial charge < -0.3 is 4.74 Å². The Morgan fingerprint density at radius 1 is 0.871 bits per heavy atom. The minimum absolute atomic E-state index is 0.0297. The van der Waals surface area contributed by atoms with Crippen LogP contribution in [0.1, 0.15) is 22.3 Å². The Hall–Kier alpha value is -2.83. The molecule has 0 aliphatic carbocycles. The summed E-state index contributed by atoms with van der Waals surface area (Å²) in [5.41, 5.74) is 3.62. The van der Waals surface area contributed by atoms with Gasteiger partial charge in [0.15, 0.2) is 6.61 Å². The third kappa shape index (κ3) is 5.09. The molecule has 3 aromatic rings. The maximum atomic E-state index is 13.5. The summed E-state index contributed by atoms with van der Waals surface area (Å²) in [6.45, 7) is 6.96. The van der Waals surface area contributed by atoms with Crippen LogP contribution in [0.5, 0.6) is 5.75 Å². The predicted molar refractivity (Wildman–Crippen MR) is 123 cm³/mol. The van der Waals surface area contributed by atoms with Crippen molar-refractivity contribution in [2.24, 2.45) is 0 Å². The normalized spacial score (nSPS) is 11.3. The Morgan fingerprint density at radius 2 is 1.45 bits per heavy atom. The quantitative estimate of drug-likeness (QED) is 0.498. The van der Waals surface area contributed by atoms with E-state index < -0.39 is 22.5 Å². The first-order chi connectivity index (χ1) is 14.6. The molecule has 0 atom stereocenters. The largest absolute Gasteiger partial charge is 0.483 e. The molecule has 0 fully saturated rings. The van der Waals surface area contributed by atoms with Gasteiger partial charge in [-0.1, -0.05) is 35.9 Å². The lowest BCUT2D eigenvalue weighted by Gasteiger charge is -2.25. The zero-order valence-corrected chi connectivity index (χ0v) is 19.4. The first kappa shape index (κ1) is 22.8. The summed E-state index contributed by atoms with van der Waals surface area (Å²) in [6.07, 6.45) is 0. The van der Waals surface area contributed by atoms with Crippen molar-refractivity contribution in [2.75, 3.05) is 10.9 Å². The molecule has 0 aliphatic heterocycles. The van der Waals surface area contributed by atoms with Gasteiger partial charge in [-0.15, -0.1) is 0 Å². The van der Waals surface area contributed by atoms with Crippen LogP contribution in [0.15, 0.2) is 65.6 Å². The van der Waals surface area contributed by atoms with E-state index in [0.29, 0.717) is 22.0 Å². The van der Waals surface area contributed by atoms with Crippen molar-refractivity contribution in [3.8, 4) is 5.75 Å². The van der Waals surface area contributed by atoms with Gasteiger partial charge in [0.25, 0.3) is 15.9 Å². The lowest BCUT2D eigenvalue weighted by Crippen LogP contribution is -2.40. The van der Waals surface area contributed by atoms with Crippen LogP contribution in [0.2, 0.25) is 5.02 Å². The van der Waals surface area contributed by atoms with E-state index in [9.17, 15) is 13.2 Å². The number of nitrogens with zero attached hydrogens (tertiary/aromatic N) is 1. The van der Waals surface area contributed by atoms with Gasteiger partial charge in [-0.2, -0.15) is 4.31 Å². The van der Waals surface area contributed by atoms with E-state index in [1.165, 1.54) is 24.3 Å². The predicted octanol–water partition coefficient (Wildman–Crippen LogP) is 5.37. The van der Waals surface area contributed by atoms with E-state index in [2.05, 4.69) is 0 Å². The second kappa shape index (κ2) is 9.12. The van der Waals surface area contributed by atoms with Gasteiger partial charge in [0.1, 0.15) is 5.75 Å². The Bertz CT molecular complexity index is 1220. The van der Waals surface area contributed by atoms with Crippen LogP contribution < -0.4 is 9.04 Å². The molecule has 0 aromatic heterocycles. The molecule has 0 bridgehead atoms. The maximum absolute atomic E-state index is 13.5. The number of carbonyl (C=O) groups excluding carboxylic acids is 1. The number of aryl methyl sites for hydroxylation is 4. The molecule has 0 unspecified atom stereocenters. The summed E-state index contributed by atoms with van der Waals surface area (Å²) in [5, 5.41) is 0.404. The monoisotopic (exact) mass is 457 g/mol. The number of anilines is 1. The van der Waals surface area contributed by atoms with Crippen molar-refractivity contribution >= 4 is 33.2 Å². The summed E-state index contributed by atoms with van der Waals surface area (Å²) in [5.74, 6) is -0.150. The summed E-state index contributed by atoms with van der Waals surface area (Å²) >= 11 is 5.92. The zero-order chi connectivity index (χ0) is 22.8. The Kier molecular flexibility index (Phi) is 6.72. The number of halogens is 1. The Balaban J connectivity index is 2.03. The van der Waals surface area contributed by atoms with Crippen LogP contribution in [0.25, 0.3) is 0 Å². The number of hydrogen-bond donors (Lipinski definition) is 0. The van der Waals surface area contributed by atoms with Gasteiger partial charge in [0.05, 0.1) is 10.6 Å². The van der Waals surface area contributed by atoms with E-state index in [4.69, 9.17) is 16.3 Å². The minimum atomic E-state index is -4.19. The highest BCUT2D eigenvalue weighted by atomic mass is 35.5. The molecule has 1 amide bonds. The first-order valence-electron chi connectivity index (χ1n) is 9.70. The fourth-order valence-corrected chi connectivity index (χ4v) is 4.70. The van der Waals surface area contributed by atoms with Gasteiger partial charge in [-0.3, -0.25) is 4.79 Å². The average molecular weight is 458 g/mol. The second-order valence-corrected chi connectivity index (χ2v) is 9.69. The van der Waals surface area contributed by atoms with Crippen molar-refractivity contribution in [1.82, 2.24) is 0 Å². The fourth-order valence-electron chi connectivity index (χ4n) is 3.11. The van der Waals surface area contributed by atoms with Crippen LogP contribution in [-0.4, -0.2) is 20.9 Å². The number of carbonyl (C=O) groups is 1. The highest BCUT2D eigenvalue weighted by Crippen LogP contribution is 2.29. The van der Waals surface area contributed by atoms with Gasteiger partial charge >= 0.3 is 0 Å². The third-order valence-electron chi connectivity index (χ3n) is 4.86. The lowest BCUT2D eigenvalue weighted by molar-refractivity contribution is -0.119. The van der Waals surface area contributed by atoms with Crippen LogP contribution in [0, 0.1) is 27.7 Å². The highest BCUT2D eigenvalue weighted by molar-refractivity contribution is 7.93. The van der Waals surface area contributed by atoms with Crippen molar-refractivity contribution in [3.05, 3.63) is 87.9 Å². The first-order valence-corrected chi connectivity index (χ1v) is 11.5. The van der Waals surface area contributed by atoms with E-state index in [1.807, 2.05) is 45.0 Å². The Labute approximate surface area is 188 Å². The molecule has 162 valence electrons. The van der Waals surface area contributed by atoms with Gasteiger partial charge in [-0.05, 0) is 86.3 Å². The van der Waals surface area contributed by atoms with E-state index in [1.54, 1.807) is 19.1 Å². The van der Waals surface area contributed by atoms with E-state index >= 15 is 0 Å². The molecule has 0 N–H and O–H groups in total. The Morgan fingerprint density at radius 3 is 2.10 bits per heavy atom. The summed E-state index contributed by atoms with van der Waals surface area (Å²) in [7, 11) is -4.19. The molecule has 5 nitrogen and oxygen atoms in total. The second-order valence-electron chi connectivity index (χ2n) is 7.46. The number of ether oxygens (including phenoxy) is 1. The number of amides is 1. The van der Waals surface area contributed by atoms with Crippen molar-refractivity contribution in [2.45, 2.75) is 32.6 Å². The summed E-state index contributed by atoms with van der Waals surface area (Å²) in [6, 6.07) is 16.7. The van der Waals surface area contributed by atoms with Gasteiger partial charge in [-0.25, -0.2) is 8.42 Å². The summed E-state index contributed by atoms with van der Waals surface area (Å²) < 4.78 is 33.5. The number of hydrogen-bond acceptors (Lipinski definition) is 4. The number of benzene rings is 3. The van der Waals surface area contributed by atoms with Crippen molar-refractivity contribution < 1.29 is 17.9 Å². The molecule has 3 aromatic carbocycles. The minimum Gasteiger partial charge on any atom is -0.483 e. The molecule has 0 radical (unpaired) electrons. The molecule has 3 rings (SSSR count). The third-order valence-corrected chi connectivity index (χ3v) is 6.86.